The SMILES string of the molecule is Cc1ccccc1Oc1ccccc1NC(=O)c1c[nH]c2ccccc2c1=O. The summed E-state index contributed by atoms with van der Waals surface area (Å²) < 4.78 is 5.98. The van der Waals surface area contributed by atoms with Crippen LogP contribution in [0.4, 0.5) is 5.69 Å². The zero-order valence-electron chi connectivity index (χ0n) is 15.2. The van der Waals surface area contributed by atoms with Crippen LogP contribution < -0.4 is 15.5 Å². The number of pyridine rings is 1. The number of H-pyrrole nitrogens is 1. The number of rotatable bonds is 4. The van der Waals surface area contributed by atoms with Crippen molar-refractivity contribution in [3.63, 3.8) is 0 Å². The van der Waals surface area contributed by atoms with E-state index in [-0.39, 0.29) is 11.0 Å². The summed E-state index contributed by atoms with van der Waals surface area (Å²) >= 11 is 0. The summed E-state index contributed by atoms with van der Waals surface area (Å²) in [6.07, 6.45) is 1.44. The molecular formula is C23H18N2O3. The van der Waals surface area contributed by atoms with Gasteiger partial charge in [0.05, 0.1) is 5.69 Å². The standard InChI is InChI=1S/C23H18N2O3/c1-15-8-2-6-12-20(15)28-21-13-7-5-11-19(21)25-23(27)17-14-24-18-10-4-3-9-16(18)22(17)26/h2-14H,1H3,(H,24,26)(H,25,27). The zero-order chi connectivity index (χ0) is 19.5. The number of para-hydroxylation sites is 4. The smallest absolute Gasteiger partial charge is 0.261 e. The number of anilines is 1. The molecule has 0 aliphatic rings. The molecule has 1 heterocycles. The molecule has 0 aliphatic carbocycles. The molecule has 0 radical (unpaired) electrons. The van der Waals surface area contributed by atoms with Crippen molar-refractivity contribution in [2.24, 2.45) is 0 Å². The lowest BCUT2D eigenvalue weighted by molar-refractivity contribution is 0.102. The minimum absolute atomic E-state index is 0.0457. The maximum Gasteiger partial charge on any atom is 0.261 e. The average molecular weight is 370 g/mol. The van der Waals surface area contributed by atoms with Crippen LogP contribution in [0.1, 0.15) is 15.9 Å². The normalized spacial score (nSPS) is 10.6. The molecule has 0 saturated carbocycles. The van der Waals surface area contributed by atoms with Gasteiger partial charge < -0.3 is 15.0 Å². The summed E-state index contributed by atoms with van der Waals surface area (Å²) in [7, 11) is 0. The number of carbonyl (C=O) groups excluding carboxylic acids is 1. The van der Waals surface area contributed by atoms with Gasteiger partial charge in [0, 0.05) is 17.1 Å². The Balaban J connectivity index is 1.65. The molecule has 0 unspecified atom stereocenters. The fourth-order valence-corrected chi connectivity index (χ4v) is 2.97. The molecule has 0 fully saturated rings. The third-order valence-corrected chi connectivity index (χ3v) is 4.48. The van der Waals surface area contributed by atoms with Gasteiger partial charge in [-0.05, 0) is 42.8 Å². The van der Waals surface area contributed by atoms with Gasteiger partial charge >= 0.3 is 0 Å². The molecule has 3 aromatic carbocycles. The molecule has 0 bridgehead atoms. The van der Waals surface area contributed by atoms with E-state index in [1.165, 1.54) is 6.20 Å². The Hall–Kier alpha value is -3.86. The number of fused-ring (bicyclic) bond motifs is 1. The fraction of sp³-hybridized carbons (Fsp3) is 0.0435. The van der Waals surface area contributed by atoms with E-state index in [1.807, 2.05) is 43.3 Å². The predicted molar refractivity (Wildman–Crippen MR) is 110 cm³/mol. The van der Waals surface area contributed by atoms with Crippen LogP contribution in [0.15, 0.2) is 83.8 Å². The van der Waals surface area contributed by atoms with Crippen molar-refractivity contribution in [3.05, 3.63) is 100 Å². The summed E-state index contributed by atoms with van der Waals surface area (Å²) in [6.45, 7) is 1.95. The van der Waals surface area contributed by atoms with Crippen molar-refractivity contribution in [1.29, 1.82) is 0 Å². The Morgan fingerprint density at radius 3 is 2.39 bits per heavy atom. The molecule has 138 valence electrons. The molecule has 0 spiro atoms. The lowest BCUT2D eigenvalue weighted by Gasteiger charge is -2.13. The quantitative estimate of drug-likeness (QED) is 0.538. The molecule has 0 atom stereocenters. The van der Waals surface area contributed by atoms with Gasteiger partial charge in [-0.2, -0.15) is 0 Å². The highest BCUT2D eigenvalue weighted by Gasteiger charge is 2.15. The topological polar surface area (TPSA) is 71.2 Å². The number of aromatic nitrogens is 1. The van der Waals surface area contributed by atoms with Crippen molar-refractivity contribution in [3.8, 4) is 11.5 Å². The van der Waals surface area contributed by atoms with E-state index in [1.54, 1.807) is 36.4 Å². The number of hydrogen-bond donors (Lipinski definition) is 2. The van der Waals surface area contributed by atoms with Crippen molar-refractivity contribution >= 4 is 22.5 Å². The van der Waals surface area contributed by atoms with E-state index in [2.05, 4.69) is 10.3 Å². The first-order valence-corrected chi connectivity index (χ1v) is 8.88. The monoisotopic (exact) mass is 370 g/mol. The molecule has 5 nitrogen and oxygen atoms in total. The molecule has 5 heteroatoms. The Morgan fingerprint density at radius 2 is 1.57 bits per heavy atom. The van der Waals surface area contributed by atoms with Crippen molar-refractivity contribution in [1.82, 2.24) is 4.98 Å². The van der Waals surface area contributed by atoms with E-state index < -0.39 is 5.91 Å². The van der Waals surface area contributed by atoms with Gasteiger partial charge in [-0.3, -0.25) is 9.59 Å². The molecule has 4 aromatic rings. The van der Waals surface area contributed by atoms with E-state index >= 15 is 0 Å². The highest BCUT2D eigenvalue weighted by atomic mass is 16.5. The maximum atomic E-state index is 12.8. The second-order valence-electron chi connectivity index (χ2n) is 6.39. The maximum absolute atomic E-state index is 12.8. The largest absolute Gasteiger partial charge is 0.455 e. The lowest BCUT2D eigenvalue weighted by atomic mass is 10.1. The first-order chi connectivity index (χ1) is 13.6. The second-order valence-corrected chi connectivity index (χ2v) is 6.39. The summed E-state index contributed by atoms with van der Waals surface area (Å²) in [5.74, 6) is 0.711. The van der Waals surface area contributed by atoms with Crippen LogP contribution in [0.5, 0.6) is 11.5 Å². The highest BCUT2D eigenvalue weighted by Crippen LogP contribution is 2.31. The van der Waals surface area contributed by atoms with Gasteiger partial charge in [0.2, 0.25) is 5.43 Å². The van der Waals surface area contributed by atoms with Crippen LogP contribution in [0.2, 0.25) is 0 Å². The number of aryl methyl sites for hydroxylation is 1. The Labute approximate surface area is 161 Å². The van der Waals surface area contributed by atoms with Crippen LogP contribution >= 0.6 is 0 Å². The van der Waals surface area contributed by atoms with Crippen molar-refractivity contribution < 1.29 is 9.53 Å². The Morgan fingerprint density at radius 1 is 0.893 bits per heavy atom. The molecule has 2 N–H and O–H groups in total. The number of ether oxygens (including phenoxy) is 1. The van der Waals surface area contributed by atoms with Gasteiger partial charge in [0.15, 0.2) is 5.75 Å². The predicted octanol–water partition coefficient (Wildman–Crippen LogP) is 4.88. The first kappa shape index (κ1) is 17.5. The average Bonchev–Trinajstić information content (AvgIpc) is 2.71. The molecule has 0 aliphatic heterocycles. The van der Waals surface area contributed by atoms with E-state index in [0.717, 1.165) is 5.56 Å². The van der Waals surface area contributed by atoms with Gasteiger partial charge in [0.25, 0.3) is 5.91 Å². The number of hydrogen-bond acceptors (Lipinski definition) is 3. The van der Waals surface area contributed by atoms with Gasteiger partial charge in [-0.15, -0.1) is 0 Å². The number of benzene rings is 3. The second kappa shape index (κ2) is 7.40. The summed E-state index contributed by atoms with van der Waals surface area (Å²) in [5.41, 5.74) is 1.89. The third kappa shape index (κ3) is 3.38. The highest BCUT2D eigenvalue weighted by molar-refractivity contribution is 6.06. The molecule has 28 heavy (non-hydrogen) atoms. The number of aromatic amines is 1. The van der Waals surface area contributed by atoms with Gasteiger partial charge in [0.1, 0.15) is 11.3 Å². The molecule has 1 amide bonds. The minimum Gasteiger partial charge on any atom is -0.455 e. The van der Waals surface area contributed by atoms with Crippen molar-refractivity contribution in [2.75, 3.05) is 5.32 Å². The minimum atomic E-state index is -0.493. The summed E-state index contributed by atoms with van der Waals surface area (Å²) in [5, 5.41) is 3.26. The van der Waals surface area contributed by atoms with Crippen LogP contribution in [-0.2, 0) is 0 Å². The van der Waals surface area contributed by atoms with Crippen LogP contribution in [0.3, 0.4) is 0 Å². The molecule has 4 rings (SSSR count). The zero-order valence-corrected chi connectivity index (χ0v) is 15.2. The lowest BCUT2D eigenvalue weighted by Crippen LogP contribution is -2.22. The molecule has 1 aromatic heterocycles. The molecule has 0 saturated heterocycles. The van der Waals surface area contributed by atoms with Crippen molar-refractivity contribution in [2.45, 2.75) is 6.92 Å². The molecular weight excluding hydrogens is 352 g/mol. The van der Waals surface area contributed by atoms with E-state index in [4.69, 9.17) is 4.74 Å². The fourth-order valence-electron chi connectivity index (χ4n) is 2.97. The van der Waals surface area contributed by atoms with Crippen LogP contribution in [0, 0.1) is 6.92 Å². The van der Waals surface area contributed by atoms with Gasteiger partial charge in [-0.25, -0.2) is 0 Å². The number of carbonyl (C=O) groups is 1. The summed E-state index contributed by atoms with van der Waals surface area (Å²) in [6, 6.07) is 21.9. The Bertz CT molecular complexity index is 1230. The Kier molecular flexibility index (Phi) is 4.64. The number of amides is 1. The van der Waals surface area contributed by atoms with Crippen LogP contribution in [0.25, 0.3) is 10.9 Å². The van der Waals surface area contributed by atoms with Gasteiger partial charge in [-0.1, -0.05) is 42.5 Å². The van der Waals surface area contributed by atoms with Crippen LogP contribution in [-0.4, -0.2) is 10.9 Å². The summed E-state index contributed by atoms with van der Waals surface area (Å²) in [4.78, 5) is 28.4. The third-order valence-electron chi connectivity index (χ3n) is 4.48. The first-order valence-electron chi connectivity index (χ1n) is 8.88. The van der Waals surface area contributed by atoms with E-state index in [9.17, 15) is 9.59 Å². The number of nitrogens with one attached hydrogen (secondary N) is 2. The van der Waals surface area contributed by atoms with E-state index in [0.29, 0.717) is 28.1 Å².